The van der Waals surface area contributed by atoms with Gasteiger partial charge in [0.2, 0.25) is 5.91 Å². The van der Waals surface area contributed by atoms with Crippen LogP contribution in [-0.4, -0.2) is 34.9 Å². The first-order chi connectivity index (χ1) is 6.34. The molecule has 70 valence electrons. The van der Waals surface area contributed by atoms with Crippen LogP contribution in [0.4, 0.5) is 0 Å². The summed E-state index contributed by atoms with van der Waals surface area (Å²) >= 11 is 0. The average molecular weight is 181 g/mol. The third-order valence-electron chi connectivity index (χ3n) is 1.87. The predicted molar refractivity (Wildman–Crippen MR) is 45.0 cm³/mol. The Kier molecular flexibility index (Phi) is 2.27. The summed E-state index contributed by atoms with van der Waals surface area (Å²) in [6, 6.07) is 1.99. The van der Waals surface area contributed by atoms with Gasteiger partial charge in [-0.3, -0.25) is 9.48 Å². The van der Waals surface area contributed by atoms with Crippen LogP contribution in [0.1, 0.15) is 0 Å². The van der Waals surface area contributed by atoms with Gasteiger partial charge in [0.25, 0.3) is 0 Å². The van der Waals surface area contributed by atoms with E-state index in [4.69, 9.17) is 4.74 Å². The number of hydrogen-bond acceptors (Lipinski definition) is 3. The standard InChI is InChI=1S/C8H11N3O2/c12-8(10-7-5-13-6-7)4-11-3-1-2-9-11/h1-3,7H,4-6H2,(H,10,12). The molecule has 13 heavy (non-hydrogen) atoms. The van der Waals surface area contributed by atoms with Crippen molar-refractivity contribution in [3.63, 3.8) is 0 Å². The molecule has 1 aromatic heterocycles. The molecule has 2 heterocycles. The number of nitrogens with zero attached hydrogens (tertiary/aromatic N) is 2. The van der Waals surface area contributed by atoms with Crippen LogP contribution in [0.15, 0.2) is 18.5 Å². The van der Waals surface area contributed by atoms with Gasteiger partial charge in [0.1, 0.15) is 6.54 Å². The van der Waals surface area contributed by atoms with Crippen LogP contribution in [0.25, 0.3) is 0 Å². The highest BCUT2D eigenvalue weighted by Gasteiger charge is 2.20. The fraction of sp³-hybridized carbons (Fsp3) is 0.500. The summed E-state index contributed by atoms with van der Waals surface area (Å²) in [5.74, 6) is -0.0167. The number of amides is 1. The van der Waals surface area contributed by atoms with Crippen LogP contribution in [0, 0.1) is 0 Å². The van der Waals surface area contributed by atoms with Crippen LogP contribution >= 0.6 is 0 Å². The smallest absolute Gasteiger partial charge is 0.242 e. The molecule has 1 aliphatic heterocycles. The Morgan fingerprint density at radius 1 is 1.69 bits per heavy atom. The molecule has 0 bridgehead atoms. The molecule has 0 aromatic carbocycles. The zero-order valence-electron chi connectivity index (χ0n) is 7.14. The number of ether oxygens (including phenoxy) is 1. The van der Waals surface area contributed by atoms with E-state index in [-0.39, 0.29) is 18.5 Å². The lowest BCUT2D eigenvalue weighted by atomic mass is 10.2. The summed E-state index contributed by atoms with van der Waals surface area (Å²) in [5, 5.41) is 6.76. The molecule has 2 rings (SSSR count). The fourth-order valence-electron chi connectivity index (χ4n) is 1.13. The molecule has 1 saturated heterocycles. The summed E-state index contributed by atoms with van der Waals surface area (Å²) in [5.41, 5.74) is 0. The highest BCUT2D eigenvalue weighted by atomic mass is 16.5. The number of aromatic nitrogens is 2. The molecular weight excluding hydrogens is 170 g/mol. The second kappa shape index (κ2) is 3.57. The number of carbonyl (C=O) groups is 1. The van der Waals surface area contributed by atoms with Crippen molar-refractivity contribution in [1.29, 1.82) is 0 Å². The molecule has 1 amide bonds. The lowest BCUT2D eigenvalue weighted by Crippen LogP contribution is -2.49. The number of carbonyl (C=O) groups excluding carboxylic acids is 1. The average Bonchev–Trinajstić information content (AvgIpc) is 2.49. The van der Waals surface area contributed by atoms with Crippen molar-refractivity contribution >= 4 is 5.91 Å². The quantitative estimate of drug-likeness (QED) is 0.677. The largest absolute Gasteiger partial charge is 0.377 e. The van der Waals surface area contributed by atoms with E-state index in [2.05, 4.69) is 10.4 Å². The summed E-state index contributed by atoms with van der Waals surface area (Å²) < 4.78 is 6.53. The maximum Gasteiger partial charge on any atom is 0.242 e. The SMILES string of the molecule is O=C(Cn1cccn1)NC1COC1. The topological polar surface area (TPSA) is 56.2 Å². The third-order valence-corrected chi connectivity index (χ3v) is 1.87. The molecule has 0 spiro atoms. The van der Waals surface area contributed by atoms with Gasteiger partial charge in [0.05, 0.1) is 19.3 Å². The van der Waals surface area contributed by atoms with Crippen molar-refractivity contribution in [2.45, 2.75) is 12.6 Å². The van der Waals surface area contributed by atoms with Crippen molar-refractivity contribution in [2.75, 3.05) is 13.2 Å². The van der Waals surface area contributed by atoms with Gasteiger partial charge in [-0.1, -0.05) is 0 Å². The molecule has 0 saturated carbocycles. The highest BCUT2D eigenvalue weighted by molar-refractivity contribution is 5.76. The Hall–Kier alpha value is -1.36. The van der Waals surface area contributed by atoms with Crippen LogP contribution in [0.5, 0.6) is 0 Å². The highest BCUT2D eigenvalue weighted by Crippen LogP contribution is 1.99. The van der Waals surface area contributed by atoms with E-state index in [1.165, 1.54) is 0 Å². The normalized spacial score (nSPS) is 16.6. The zero-order valence-corrected chi connectivity index (χ0v) is 7.14. The molecule has 1 N–H and O–H groups in total. The zero-order chi connectivity index (χ0) is 9.10. The van der Waals surface area contributed by atoms with Crippen LogP contribution < -0.4 is 5.32 Å². The molecule has 0 atom stereocenters. The van der Waals surface area contributed by atoms with Crippen molar-refractivity contribution in [3.8, 4) is 0 Å². The number of rotatable bonds is 3. The fourth-order valence-corrected chi connectivity index (χ4v) is 1.13. The van der Waals surface area contributed by atoms with Gasteiger partial charge in [0, 0.05) is 12.4 Å². The first-order valence-electron chi connectivity index (χ1n) is 4.19. The maximum atomic E-state index is 11.3. The molecule has 0 unspecified atom stereocenters. The van der Waals surface area contributed by atoms with Crippen molar-refractivity contribution in [2.24, 2.45) is 0 Å². The van der Waals surface area contributed by atoms with Gasteiger partial charge in [-0.15, -0.1) is 0 Å². The minimum Gasteiger partial charge on any atom is -0.377 e. The van der Waals surface area contributed by atoms with Crippen LogP contribution in [0.3, 0.4) is 0 Å². The second-order valence-corrected chi connectivity index (χ2v) is 3.01. The Balaban J connectivity index is 1.78. The molecule has 5 nitrogen and oxygen atoms in total. The first kappa shape index (κ1) is 8.25. The van der Waals surface area contributed by atoms with Crippen molar-refractivity contribution in [1.82, 2.24) is 15.1 Å². The van der Waals surface area contributed by atoms with Gasteiger partial charge in [-0.25, -0.2) is 0 Å². The monoisotopic (exact) mass is 181 g/mol. The maximum absolute atomic E-state index is 11.3. The van der Waals surface area contributed by atoms with E-state index >= 15 is 0 Å². The molecule has 0 aliphatic carbocycles. The van der Waals surface area contributed by atoms with E-state index in [0.29, 0.717) is 13.2 Å². The Morgan fingerprint density at radius 3 is 3.08 bits per heavy atom. The molecule has 1 aromatic rings. The van der Waals surface area contributed by atoms with Crippen molar-refractivity contribution < 1.29 is 9.53 Å². The Labute approximate surface area is 75.7 Å². The van der Waals surface area contributed by atoms with Gasteiger partial charge in [-0.05, 0) is 6.07 Å². The lowest BCUT2D eigenvalue weighted by Gasteiger charge is -2.26. The van der Waals surface area contributed by atoms with E-state index in [9.17, 15) is 4.79 Å². The molecular formula is C8H11N3O2. The van der Waals surface area contributed by atoms with Gasteiger partial charge in [-0.2, -0.15) is 5.10 Å². The molecule has 1 fully saturated rings. The minimum absolute atomic E-state index is 0.0167. The van der Waals surface area contributed by atoms with Gasteiger partial charge >= 0.3 is 0 Å². The Morgan fingerprint density at radius 2 is 2.54 bits per heavy atom. The summed E-state index contributed by atoms with van der Waals surface area (Å²) in [6.07, 6.45) is 3.41. The molecule has 1 aliphatic rings. The third kappa shape index (κ3) is 2.06. The predicted octanol–water partition coefficient (Wildman–Crippen LogP) is -0.602. The number of hydrogen-bond donors (Lipinski definition) is 1. The van der Waals surface area contributed by atoms with E-state index in [0.717, 1.165) is 0 Å². The van der Waals surface area contributed by atoms with E-state index < -0.39 is 0 Å². The summed E-state index contributed by atoms with van der Waals surface area (Å²) in [4.78, 5) is 11.3. The first-order valence-corrected chi connectivity index (χ1v) is 4.19. The summed E-state index contributed by atoms with van der Waals surface area (Å²) in [6.45, 7) is 1.54. The summed E-state index contributed by atoms with van der Waals surface area (Å²) in [7, 11) is 0. The minimum atomic E-state index is -0.0167. The van der Waals surface area contributed by atoms with Crippen LogP contribution in [-0.2, 0) is 16.1 Å². The molecule has 5 heteroatoms. The van der Waals surface area contributed by atoms with Crippen LogP contribution in [0.2, 0.25) is 0 Å². The second-order valence-electron chi connectivity index (χ2n) is 3.01. The van der Waals surface area contributed by atoms with Crippen molar-refractivity contribution in [3.05, 3.63) is 18.5 Å². The lowest BCUT2D eigenvalue weighted by molar-refractivity contribution is -0.126. The van der Waals surface area contributed by atoms with E-state index in [1.54, 1.807) is 23.1 Å². The van der Waals surface area contributed by atoms with E-state index in [1.807, 2.05) is 0 Å². The molecule has 0 radical (unpaired) electrons. The Bertz CT molecular complexity index is 280. The van der Waals surface area contributed by atoms with Gasteiger partial charge < -0.3 is 10.1 Å². The number of nitrogens with one attached hydrogen (secondary N) is 1. The van der Waals surface area contributed by atoms with Gasteiger partial charge in [0.15, 0.2) is 0 Å².